The molecule has 5 atom stereocenters. The van der Waals surface area contributed by atoms with E-state index in [1.54, 1.807) is 0 Å². The molecule has 0 aromatic heterocycles. The topological polar surface area (TPSA) is 97.0 Å². The van der Waals surface area contributed by atoms with Gasteiger partial charge in [-0.25, -0.2) is 0 Å². The zero-order chi connectivity index (χ0) is 18.1. The van der Waals surface area contributed by atoms with Gasteiger partial charge in [-0.15, -0.1) is 10.8 Å². The van der Waals surface area contributed by atoms with E-state index >= 15 is 0 Å². The second-order valence-electron chi connectivity index (χ2n) is 6.53. The van der Waals surface area contributed by atoms with Crippen LogP contribution in [0.3, 0.4) is 0 Å². The number of nitriles is 1. The third kappa shape index (κ3) is 2.34. The van der Waals surface area contributed by atoms with Crippen LogP contribution in [0.2, 0.25) is 0 Å². The molecule has 3 N–H and O–H groups in total. The fraction of sp³-hybridized carbons (Fsp3) is 0.533. The average Bonchev–Trinajstić information content (AvgIpc) is 3.15. The van der Waals surface area contributed by atoms with Crippen molar-refractivity contribution in [2.45, 2.75) is 36.2 Å². The molecule has 0 amide bonds. The van der Waals surface area contributed by atoms with Crippen molar-refractivity contribution in [1.82, 2.24) is 0 Å². The lowest BCUT2D eigenvalue weighted by Gasteiger charge is -2.43. The molecular formula is C15H15F3N2O4S. The summed E-state index contributed by atoms with van der Waals surface area (Å²) in [7, 11) is -3.41. The van der Waals surface area contributed by atoms with E-state index in [0.717, 1.165) is 12.1 Å². The van der Waals surface area contributed by atoms with Gasteiger partial charge in [0.2, 0.25) is 0 Å². The number of hydrogen-bond donors (Lipinski definition) is 3. The van der Waals surface area contributed by atoms with E-state index in [1.807, 2.05) is 0 Å². The van der Waals surface area contributed by atoms with Crippen molar-refractivity contribution in [3.8, 4) is 6.07 Å². The van der Waals surface area contributed by atoms with Crippen LogP contribution in [0.25, 0.3) is 0 Å². The maximum Gasteiger partial charge on any atom is 0.417 e. The molecule has 3 aliphatic rings. The van der Waals surface area contributed by atoms with Gasteiger partial charge in [-0.2, -0.15) is 18.4 Å². The van der Waals surface area contributed by atoms with E-state index in [0.29, 0.717) is 0 Å². The van der Waals surface area contributed by atoms with Gasteiger partial charge in [0, 0.05) is 18.9 Å². The number of anilines is 1. The average molecular weight is 376 g/mol. The van der Waals surface area contributed by atoms with Gasteiger partial charge in [0.05, 0.1) is 41.2 Å². The quantitative estimate of drug-likeness (QED) is 0.697. The largest absolute Gasteiger partial charge is 0.417 e. The van der Waals surface area contributed by atoms with Crippen molar-refractivity contribution < 1.29 is 32.1 Å². The Morgan fingerprint density at radius 3 is 2.68 bits per heavy atom. The zero-order valence-electron chi connectivity index (χ0n) is 12.7. The maximum atomic E-state index is 13.2. The van der Waals surface area contributed by atoms with Crippen LogP contribution >= 0.6 is 10.8 Å². The maximum absolute atomic E-state index is 13.2. The number of halogens is 3. The Kier molecular flexibility index (Phi) is 3.55. The van der Waals surface area contributed by atoms with Gasteiger partial charge in [0.25, 0.3) is 0 Å². The molecule has 2 bridgehead atoms. The second-order valence-corrected chi connectivity index (χ2v) is 8.64. The summed E-state index contributed by atoms with van der Waals surface area (Å²) in [4.78, 5) is 0. The van der Waals surface area contributed by atoms with Gasteiger partial charge >= 0.3 is 6.18 Å². The number of aliphatic hydroxyl groups is 1. The van der Waals surface area contributed by atoms with Gasteiger partial charge < -0.3 is 9.84 Å². The number of fused-ring (bicyclic) bond motifs is 5. The first-order valence-electron chi connectivity index (χ1n) is 7.64. The number of alkyl halides is 3. The third-order valence-electron chi connectivity index (χ3n) is 5.18. The van der Waals surface area contributed by atoms with Gasteiger partial charge in [-0.05, 0) is 18.2 Å². The summed E-state index contributed by atoms with van der Waals surface area (Å²) in [5.41, 5.74) is -1.64. The van der Waals surface area contributed by atoms with Crippen molar-refractivity contribution in [1.29, 1.82) is 5.26 Å². The number of benzene rings is 1. The third-order valence-corrected chi connectivity index (χ3v) is 7.57. The van der Waals surface area contributed by atoms with E-state index in [1.165, 1.54) is 16.4 Å². The SMILES string of the molecule is N#Cc1ccc(N2C[C@H]3[C@H]4O[C@H](C[C@@H]4O)[C@H]3S2(O)O)cc1C(F)(F)F. The van der Waals surface area contributed by atoms with Crippen LogP contribution in [0.4, 0.5) is 18.9 Å². The summed E-state index contributed by atoms with van der Waals surface area (Å²) in [6.07, 6.45) is -6.19. The van der Waals surface area contributed by atoms with Gasteiger partial charge in [-0.1, -0.05) is 0 Å². The Morgan fingerprint density at radius 1 is 1.32 bits per heavy atom. The van der Waals surface area contributed by atoms with Crippen LogP contribution in [0, 0.1) is 17.2 Å². The first kappa shape index (κ1) is 16.9. The molecule has 1 aromatic carbocycles. The van der Waals surface area contributed by atoms with E-state index in [4.69, 9.17) is 10.00 Å². The van der Waals surface area contributed by atoms with Crippen LogP contribution < -0.4 is 4.31 Å². The molecule has 25 heavy (non-hydrogen) atoms. The minimum atomic E-state index is -4.72. The van der Waals surface area contributed by atoms with E-state index in [2.05, 4.69) is 0 Å². The minimum absolute atomic E-state index is 0.00499. The number of aliphatic hydroxyl groups excluding tert-OH is 1. The fourth-order valence-electron chi connectivity index (χ4n) is 4.15. The predicted octanol–water partition coefficient (Wildman–Crippen LogP) is 2.58. The number of rotatable bonds is 1. The highest BCUT2D eigenvalue weighted by molar-refractivity contribution is 8.26. The summed E-state index contributed by atoms with van der Waals surface area (Å²) < 4.78 is 67.6. The molecule has 3 aliphatic heterocycles. The van der Waals surface area contributed by atoms with Crippen molar-refractivity contribution >= 4 is 16.5 Å². The second kappa shape index (κ2) is 5.25. The monoisotopic (exact) mass is 376 g/mol. The van der Waals surface area contributed by atoms with Gasteiger partial charge in [-0.3, -0.25) is 13.4 Å². The summed E-state index contributed by atoms with van der Waals surface area (Å²) in [5.74, 6) is -0.358. The van der Waals surface area contributed by atoms with Crippen LogP contribution in [0.5, 0.6) is 0 Å². The van der Waals surface area contributed by atoms with Crippen LogP contribution in [0.15, 0.2) is 18.2 Å². The summed E-state index contributed by atoms with van der Waals surface area (Å²) in [6.45, 7) is 0.0778. The molecule has 6 nitrogen and oxygen atoms in total. The molecule has 3 saturated heterocycles. The molecule has 3 fully saturated rings. The molecule has 1 aromatic rings. The molecule has 0 saturated carbocycles. The standard InChI is InChI=1S/C15H15F3N2O4S/c16-15(17,18)10-3-8(2-1-7(10)5-19)20-6-9-13-11(21)4-12(24-13)14(9)25(20,22)23/h1-3,9,11-14,21-23H,4,6H2/t9-,11-,12+,13+,14-/m0/s1. The highest BCUT2D eigenvalue weighted by Gasteiger charge is 2.64. The van der Waals surface area contributed by atoms with Gasteiger partial charge in [0.1, 0.15) is 5.25 Å². The van der Waals surface area contributed by atoms with Crippen molar-refractivity contribution in [2.75, 3.05) is 10.8 Å². The van der Waals surface area contributed by atoms with Gasteiger partial charge in [0.15, 0.2) is 0 Å². The molecule has 4 rings (SSSR count). The molecule has 0 radical (unpaired) electrons. The Labute approximate surface area is 142 Å². The van der Waals surface area contributed by atoms with Crippen LogP contribution in [-0.2, 0) is 10.9 Å². The summed E-state index contributed by atoms with van der Waals surface area (Å²) >= 11 is 0. The normalized spacial score (nSPS) is 37.0. The summed E-state index contributed by atoms with van der Waals surface area (Å²) in [6, 6.07) is 4.58. The first-order chi connectivity index (χ1) is 11.6. The highest BCUT2D eigenvalue weighted by atomic mass is 32.3. The number of ether oxygens (including phenoxy) is 1. The Bertz CT molecular complexity index is 766. The van der Waals surface area contributed by atoms with Crippen LogP contribution in [0.1, 0.15) is 17.5 Å². The molecule has 0 aliphatic carbocycles. The molecule has 136 valence electrons. The molecule has 0 unspecified atom stereocenters. The first-order valence-corrected chi connectivity index (χ1v) is 9.21. The van der Waals surface area contributed by atoms with E-state index in [-0.39, 0.29) is 24.6 Å². The molecular weight excluding hydrogens is 361 g/mol. The summed E-state index contributed by atoms with van der Waals surface area (Å²) in [5, 5.41) is 18.2. The lowest BCUT2D eigenvalue weighted by atomic mass is 9.87. The lowest BCUT2D eigenvalue weighted by molar-refractivity contribution is -0.137. The van der Waals surface area contributed by atoms with Crippen LogP contribution in [-0.4, -0.2) is 44.3 Å². The molecule has 10 heteroatoms. The Balaban J connectivity index is 1.73. The lowest BCUT2D eigenvalue weighted by Crippen LogP contribution is -2.39. The van der Waals surface area contributed by atoms with E-state index in [9.17, 15) is 27.4 Å². The van der Waals surface area contributed by atoms with Crippen molar-refractivity contribution in [3.05, 3.63) is 29.3 Å². The molecule has 3 heterocycles. The van der Waals surface area contributed by atoms with Crippen molar-refractivity contribution in [3.63, 3.8) is 0 Å². The fourth-order valence-corrected chi connectivity index (χ4v) is 6.56. The zero-order valence-corrected chi connectivity index (χ0v) is 13.5. The highest BCUT2D eigenvalue weighted by Crippen LogP contribution is 2.65. The number of hydrogen-bond acceptors (Lipinski definition) is 6. The molecule has 0 spiro atoms. The van der Waals surface area contributed by atoms with Crippen molar-refractivity contribution in [2.24, 2.45) is 5.92 Å². The minimum Gasteiger partial charge on any atom is -0.390 e. The smallest absolute Gasteiger partial charge is 0.390 e. The Hall–Kier alpha value is -1.51. The Morgan fingerprint density at radius 2 is 2.04 bits per heavy atom. The van der Waals surface area contributed by atoms with E-state index < -0.39 is 51.6 Å². The predicted molar refractivity (Wildman–Crippen MR) is 82.9 cm³/mol. The number of nitrogens with zero attached hydrogens (tertiary/aromatic N) is 2.